The maximum absolute atomic E-state index is 5.70. The van der Waals surface area contributed by atoms with Crippen LogP contribution < -0.4 is 5.73 Å². The number of aromatic amines is 1. The van der Waals surface area contributed by atoms with E-state index in [0.717, 1.165) is 27.8 Å². The van der Waals surface area contributed by atoms with Crippen molar-refractivity contribution in [2.24, 2.45) is 0 Å². The van der Waals surface area contributed by atoms with E-state index in [2.05, 4.69) is 21.8 Å². The number of nitrogens with one attached hydrogen (secondary N) is 1. The summed E-state index contributed by atoms with van der Waals surface area (Å²) in [5.74, 6) is 6.17. The number of fused-ring (bicyclic) bond motifs is 1. The van der Waals surface area contributed by atoms with Gasteiger partial charge in [-0.1, -0.05) is 17.9 Å². The van der Waals surface area contributed by atoms with Gasteiger partial charge in [0.25, 0.3) is 0 Å². The van der Waals surface area contributed by atoms with E-state index in [1.807, 2.05) is 42.6 Å². The van der Waals surface area contributed by atoms with Gasteiger partial charge in [0, 0.05) is 34.6 Å². The minimum atomic E-state index is 0.723. The third-order valence-corrected chi connectivity index (χ3v) is 2.64. The smallest absolute Gasteiger partial charge is 0.137 e. The lowest BCUT2D eigenvalue weighted by Crippen LogP contribution is -1.84. The number of benzene rings is 1. The summed E-state index contributed by atoms with van der Waals surface area (Å²) < 4.78 is 0. The van der Waals surface area contributed by atoms with Crippen molar-refractivity contribution >= 4 is 16.7 Å². The molecule has 0 spiro atoms. The zero-order valence-electron chi connectivity index (χ0n) is 9.64. The SMILES string of the molecule is Nc1cccc(C#Cc2cnc3[nH]ccc3c2)c1. The summed E-state index contributed by atoms with van der Waals surface area (Å²) in [7, 11) is 0. The van der Waals surface area contributed by atoms with E-state index < -0.39 is 0 Å². The molecule has 2 heterocycles. The maximum atomic E-state index is 5.70. The Morgan fingerprint density at radius 3 is 2.83 bits per heavy atom. The molecule has 0 radical (unpaired) electrons. The van der Waals surface area contributed by atoms with Crippen molar-refractivity contribution in [3.63, 3.8) is 0 Å². The Morgan fingerprint density at radius 2 is 1.94 bits per heavy atom. The molecule has 0 saturated heterocycles. The number of aromatic nitrogens is 2. The lowest BCUT2D eigenvalue weighted by atomic mass is 10.2. The van der Waals surface area contributed by atoms with Crippen LogP contribution in [0.15, 0.2) is 48.8 Å². The van der Waals surface area contributed by atoms with E-state index in [4.69, 9.17) is 5.73 Å². The number of anilines is 1. The van der Waals surface area contributed by atoms with Gasteiger partial charge < -0.3 is 10.7 Å². The molecule has 86 valence electrons. The second kappa shape index (κ2) is 4.27. The molecular weight excluding hydrogens is 222 g/mol. The van der Waals surface area contributed by atoms with Gasteiger partial charge >= 0.3 is 0 Å². The van der Waals surface area contributed by atoms with Crippen LogP contribution >= 0.6 is 0 Å². The minimum absolute atomic E-state index is 0.723. The van der Waals surface area contributed by atoms with E-state index in [1.54, 1.807) is 6.20 Å². The highest BCUT2D eigenvalue weighted by Gasteiger charge is 1.95. The number of pyridine rings is 1. The first-order valence-electron chi connectivity index (χ1n) is 5.62. The number of rotatable bonds is 0. The number of hydrogen-bond acceptors (Lipinski definition) is 2. The van der Waals surface area contributed by atoms with Gasteiger partial charge in [0.05, 0.1) is 0 Å². The van der Waals surface area contributed by atoms with Crippen molar-refractivity contribution in [2.45, 2.75) is 0 Å². The Kier molecular flexibility index (Phi) is 2.47. The molecule has 18 heavy (non-hydrogen) atoms. The Bertz CT molecular complexity index is 760. The zero-order valence-corrected chi connectivity index (χ0v) is 9.64. The number of nitrogens with zero attached hydrogens (tertiary/aromatic N) is 1. The van der Waals surface area contributed by atoms with Crippen molar-refractivity contribution in [1.82, 2.24) is 9.97 Å². The molecule has 1 aromatic carbocycles. The molecular formula is C15H11N3. The van der Waals surface area contributed by atoms with Gasteiger partial charge in [-0.3, -0.25) is 0 Å². The van der Waals surface area contributed by atoms with Crippen molar-refractivity contribution in [3.8, 4) is 11.8 Å². The first-order valence-corrected chi connectivity index (χ1v) is 5.62. The van der Waals surface area contributed by atoms with Crippen LogP contribution in [-0.4, -0.2) is 9.97 Å². The molecule has 2 aromatic heterocycles. The fraction of sp³-hybridized carbons (Fsp3) is 0. The molecule has 3 N–H and O–H groups in total. The van der Waals surface area contributed by atoms with Gasteiger partial charge in [0.2, 0.25) is 0 Å². The van der Waals surface area contributed by atoms with Gasteiger partial charge in [0.1, 0.15) is 5.65 Å². The highest BCUT2D eigenvalue weighted by molar-refractivity contribution is 5.76. The van der Waals surface area contributed by atoms with Gasteiger partial charge in [-0.25, -0.2) is 4.98 Å². The molecule has 3 aromatic rings. The summed E-state index contributed by atoms with van der Waals surface area (Å²) >= 11 is 0. The normalized spacial score (nSPS) is 10.0. The van der Waals surface area contributed by atoms with Crippen LogP contribution in [0.1, 0.15) is 11.1 Å². The summed E-state index contributed by atoms with van der Waals surface area (Å²) in [5, 5.41) is 1.06. The summed E-state index contributed by atoms with van der Waals surface area (Å²) in [4.78, 5) is 7.34. The average Bonchev–Trinajstić information content (AvgIpc) is 2.84. The second-order valence-electron chi connectivity index (χ2n) is 4.01. The third-order valence-electron chi connectivity index (χ3n) is 2.64. The van der Waals surface area contributed by atoms with Crippen LogP contribution in [0.5, 0.6) is 0 Å². The Balaban J connectivity index is 1.97. The second-order valence-corrected chi connectivity index (χ2v) is 4.01. The largest absolute Gasteiger partial charge is 0.399 e. The minimum Gasteiger partial charge on any atom is -0.399 e. The molecule has 3 rings (SSSR count). The molecule has 0 aliphatic carbocycles. The maximum Gasteiger partial charge on any atom is 0.137 e. The molecule has 3 nitrogen and oxygen atoms in total. The number of hydrogen-bond donors (Lipinski definition) is 2. The van der Waals surface area contributed by atoms with Gasteiger partial charge in [-0.15, -0.1) is 0 Å². The molecule has 0 bridgehead atoms. The molecule has 0 fully saturated rings. The standard InChI is InChI=1S/C15H11N3/c16-14-3-1-2-11(9-14)4-5-12-8-13-6-7-17-15(13)18-10-12/h1-3,6-10H,16H2,(H,17,18). The lowest BCUT2D eigenvalue weighted by molar-refractivity contribution is 1.32. The fourth-order valence-corrected chi connectivity index (χ4v) is 1.77. The fourth-order valence-electron chi connectivity index (χ4n) is 1.77. The van der Waals surface area contributed by atoms with E-state index in [0.29, 0.717) is 0 Å². The molecule has 0 saturated carbocycles. The number of nitrogen functional groups attached to an aromatic ring is 1. The van der Waals surface area contributed by atoms with E-state index in [-0.39, 0.29) is 0 Å². The van der Waals surface area contributed by atoms with Crippen molar-refractivity contribution < 1.29 is 0 Å². The molecule has 0 aliphatic heterocycles. The van der Waals surface area contributed by atoms with Crippen molar-refractivity contribution in [2.75, 3.05) is 5.73 Å². The van der Waals surface area contributed by atoms with E-state index in [9.17, 15) is 0 Å². The summed E-state index contributed by atoms with van der Waals surface area (Å²) in [6, 6.07) is 11.5. The van der Waals surface area contributed by atoms with Crippen LogP contribution in [0, 0.1) is 11.8 Å². The molecule has 0 atom stereocenters. The first kappa shape index (κ1) is 10.4. The van der Waals surface area contributed by atoms with Gasteiger partial charge in [-0.05, 0) is 30.3 Å². The molecule has 0 unspecified atom stereocenters. The van der Waals surface area contributed by atoms with E-state index in [1.165, 1.54) is 0 Å². The van der Waals surface area contributed by atoms with Crippen molar-refractivity contribution in [3.05, 3.63) is 59.9 Å². The zero-order chi connectivity index (χ0) is 12.4. The summed E-state index contributed by atoms with van der Waals surface area (Å²) in [6.07, 6.45) is 3.63. The van der Waals surface area contributed by atoms with Crippen LogP contribution in [0.2, 0.25) is 0 Å². The van der Waals surface area contributed by atoms with Crippen LogP contribution in [0.25, 0.3) is 11.0 Å². The average molecular weight is 233 g/mol. The molecule has 0 aliphatic rings. The predicted molar refractivity (Wildman–Crippen MR) is 72.9 cm³/mol. The van der Waals surface area contributed by atoms with Crippen molar-refractivity contribution in [1.29, 1.82) is 0 Å². The highest BCUT2D eigenvalue weighted by atomic mass is 14.8. The van der Waals surface area contributed by atoms with E-state index >= 15 is 0 Å². The summed E-state index contributed by atoms with van der Waals surface area (Å²) in [6.45, 7) is 0. The Morgan fingerprint density at radius 1 is 1.06 bits per heavy atom. The predicted octanol–water partition coefficient (Wildman–Crippen LogP) is 2.54. The quantitative estimate of drug-likeness (QED) is 0.463. The summed E-state index contributed by atoms with van der Waals surface area (Å²) in [5.41, 5.74) is 9.11. The first-order chi connectivity index (χ1) is 8.81. The molecule has 3 heteroatoms. The van der Waals surface area contributed by atoms with Gasteiger partial charge in [0.15, 0.2) is 0 Å². The van der Waals surface area contributed by atoms with Crippen LogP contribution in [-0.2, 0) is 0 Å². The van der Waals surface area contributed by atoms with Crippen LogP contribution in [0.4, 0.5) is 5.69 Å². The third kappa shape index (κ3) is 2.04. The molecule has 0 amide bonds. The Hall–Kier alpha value is -2.73. The number of H-pyrrole nitrogens is 1. The van der Waals surface area contributed by atoms with Crippen LogP contribution in [0.3, 0.4) is 0 Å². The Labute approximate surface area is 105 Å². The highest BCUT2D eigenvalue weighted by Crippen LogP contribution is 2.11. The topological polar surface area (TPSA) is 54.7 Å². The van der Waals surface area contributed by atoms with Gasteiger partial charge in [-0.2, -0.15) is 0 Å². The lowest BCUT2D eigenvalue weighted by Gasteiger charge is -1.93. The monoisotopic (exact) mass is 233 g/mol. The number of nitrogens with two attached hydrogens (primary N) is 1.